The predicted octanol–water partition coefficient (Wildman–Crippen LogP) is 2.19. The van der Waals surface area contributed by atoms with E-state index in [1.807, 2.05) is 0 Å². The molecule has 0 saturated heterocycles. The van der Waals surface area contributed by atoms with Crippen molar-refractivity contribution < 1.29 is 18.7 Å². The lowest BCUT2D eigenvalue weighted by molar-refractivity contribution is -0.117. The van der Waals surface area contributed by atoms with Gasteiger partial charge >= 0.3 is 6.09 Å². The molecule has 4 nitrogen and oxygen atoms in total. The number of halogens is 1. The molecule has 0 atom stereocenters. The van der Waals surface area contributed by atoms with Gasteiger partial charge < -0.3 is 4.74 Å². The number of amides is 2. The molecule has 0 heterocycles. The standard InChI is InChI=1S/C11H12FNO3S/c1-2-16-11(15)13-10(14)7-17-9-5-3-8(12)4-6-9/h3-6H,2,7H2,1H3,(H,13,14,15). The summed E-state index contributed by atoms with van der Waals surface area (Å²) < 4.78 is 17.1. The largest absolute Gasteiger partial charge is 0.450 e. The number of alkyl carbamates (subject to hydrolysis) is 1. The van der Waals surface area contributed by atoms with Crippen LogP contribution in [0.15, 0.2) is 29.2 Å². The first kappa shape index (κ1) is 13.5. The molecule has 92 valence electrons. The van der Waals surface area contributed by atoms with E-state index in [0.29, 0.717) is 0 Å². The van der Waals surface area contributed by atoms with Crippen molar-refractivity contribution in [3.05, 3.63) is 30.1 Å². The molecule has 1 rings (SSSR count). The Morgan fingerprint density at radius 3 is 2.59 bits per heavy atom. The minimum absolute atomic E-state index is 0.0739. The third-order valence-corrected chi connectivity index (χ3v) is 2.71. The van der Waals surface area contributed by atoms with E-state index in [1.165, 1.54) is 23.9 Å². The van der Waals surface area contributed by atoms with Gasteiger partial charge in [-0.3, -0.25) is 10.1 Å². The Hall–Kier alpha value is -1.56. The van der Waals surface area contributed by atoms with Crippen LogP contribution in [0.5, 0.6) is 0 Å². The van der Waals surface area contributed by atoms with Crippen LogP contribution in [0.3, 0.4) is 0 Å². The highest BCUT2D eigenvalue weighted by Gasteiger charge is 2.08. The third kappa shape index (κ3) is 5.35. The maximum Gasteiger partial charge on any atom is 0.413 e. The molecule has 1 aromatic rings. The zero-order chi connectivity index (χ0) is 12.7. The summed E-state index contributed by atoms with van der Waals surface area (Å²) in [5.41, 5.74) is 0. The Morgan fingerprint density at radius 2 is 2.00 bits per heavy atom. The van der Waals surface area contributed by atoms with Gasteiger partial charge in [-0.15, -0.1) is 11.8 Å². The molecule has 0 saturated carbocycles. The Bertz CT molecular complexity index is 394. The molecule has 0 spiro atoms. The quantitative estimate of drug-likeness (QED) is 0.840. The highest BCUT2D eigenvalue weighted by atomic mass is 32.2. The molecule has 6 heteroatoms. The molecule has 1 aromatic carbocycles. The van der Waals surface area contributed by atoms with Crippen LogP contribution < -0.4 is 5.32 Å². The van der Waals surface area contributed by atoms with Crippen LogP contribution >= 0.6 is 11.8 Å². The SMILES string of the molecule is CCOC(=O)NC(=O)CSc1ccc(F)cc1. The predicted molar refractivity (Wildman–Crippen MR) is 62.3 cm³/mol. The highest BCUT2D eigenvalue weighted by Crippen LogP contribution is 2.17. The van der Waals surface area contributed by atoms with Gasteiger partial charge in [0.25, 0.3) is 0 Å². The van der Waals surface area contributed by atoms with Crippen molar-refractivity contribution in [2.24, 2.45) is 0 Å². The molecule has 0 aliphatic carbocycles. The number of thioether (sulfide) groups is 1. The van der Waals surface area contributed by atoms with Crippen LogP contribution in [0.1, 0.15) is 6.92 Å². The molecule has 0 radical (unpaired) electrons. The first-order valence-corrected chi connectivity index (χ1v) is 5.95. The molecule has 0 aliphatic rings. The molecular formula is C11H12FNO3S. The number of hydrogen-bond acceptors (Lipinski definition) is 4. The van der Waals surface area contributed by atoms with Gasteiger partial charge in [-0.25, -0.2) is 9.18 Å². The van der Waals surface area contributed by atoms with Crippen molar-refractivity contribution in [3.8, 4) is 0 Å². The van der Waals surface area contributed by atoms with E-state index in [-0.39, 0.29) is 18.2 Å². The topological polar surface area (TPSA) is 55.4 Å². The highest BCUT2D eigenvalue weighted by molar-refractivity contribution is 8.00. The van der Waals surface area contributed by atoms with Gasteiger partial charge in [-0.1, -0.05) is 0 Å². The summed E-state index contributed by atoms with van der Waals surface area (Å²) in [4.78, 5) is 22.9. The summed E-state index contributed by atoms with van der Waals surface area (Å²) in [7, 11) is 0. The summed E-state index contributed by atoms with van der Waals surface area (Å²) in [6.45, 7) is 1.86. The minimum atomic E-state index is -0.753. The molecule has 0 aromatic heterocycles. The lowest BCUT2D eigenvalue weighted by atomic mass is 10.4. The summed E-state index contributed by atoms with van der Waals surface area (Å²) in [5, 5.41) is 2.07. The minimum Gasteiger partial charge on any atom is -0.450 e. The number of benzene rings is 1. The third-order valence-electron chi connectivity index (χ3n) is 1.70. The smallest absolute Gasteiger partial charge is 0.413 e. The molecule has 0 bridgehead atoms. The molecule has 0 unspecified atom stereocenters. The average molecular weight is 257 g/mol. The zero-order valence-electron chi connectivity index (χ0n) is 9.23. The first-order valence-electron chi connectivity index (χ1n) is 4.96. The molecule has 0 aliphatic heterocycles. The van der Waals surface area contributed by atoms with Crippen LogP contribution in [0.4, 0.5) is 9.18 Å². The fraction of sp³-hybridized carbons (Fsp3) is 0.273. The van der Waals surface area contributed by atoms with Gasteiger partial charge in [0.2, 0.25) is 5.91 Å². The van der Waals surface area contributed by atoms with Crippen molar-refractivity contribution in [1.29, 1.82) is 0 Å². The lowest BCUT2D eigenvalue weighted by Gasteiger charge is -2.03. The van der Waals surface area contributed by atoms with Gasteiger partial charge in [0.15, 0.2) is 0 Å². The average Bonchev–Trinajstić information content (AvgIpc) is 2.28. The number of carbonyl (C=O) groups excluding carboxylic acids is 2. The van der Waals surface area contributed by atoms with E-state index in [9.17, 15) is 14.0 Å². The lowest BCUT2D eigenvalue weighted by Crippen LogP contribution is -2.32. The second kappa shape index (κ2) is 6.90. The molecule has 17 heavy (non-hydrogen) atoms. The Balaban J connectivity index is 2.33. The Morgan fingerprint density at radius 1 is 1.35 bits per heavy atom. The summed E-state index contributed by atoms with van der Waals surface area (Å²) in [6.07, 6.45) is -0.753. The van der Waals surface area contributed by atoms with E-state index in [2.05, 4.69) is 10.1 Å². The van der Waals surface area contributed by atoms with Crippen molar-refractivity contribution in [2.75, 3.05) is 12.4 Å². The van der Waals surface area contributed by atoms with Gasteiger partial charge in [-0.2, -0.15) is 0 Å². The molecule has 2 amide bonds. The van der Waals surface area contributed by atoms with Crippen molar-refractivity contribution in [2.45, 2.75) is 11.8 Å². The number of imide groups is 1. The van der Waals surface area contributed by atoms with Crippen LogP contribution in [0, 0.1) is 5.82 Å². The Kier molecular flexibility index (Phi) is 5.48. The van der Waals surface area contributed by atoms with Gasteiger partial charge in [0, 0.05) is 4.90 Å². The number of hydrogen-bond donors (Lipinski definition) is 1. The summed E-state index contributed by atoms with van der Waals surface area (Å²) in [6, 6.07) is 5.76. The fourth-order valence-corrected chi connectivity index (χ4v) is 1.70. The zero-order valence-corrected chi connectivity index (χ0v) is 10.1. The van der Waals surface area contributed by atoms with E-state index < -0.39 is 12.0 Å². The van der Waals surface area contributed by atoms with Crippen molar-refractivity contribution in [3.63, 3.8) is 0 Å². The van der Waals surface area contributed by atoms with E-state index in [1.54, 1.807) is 19.1 Å². The van der Waals surface area contributed by atoms with E-state index in [4.69, 9.17) is 0 Å². The Labute approximate surface area is 103 Å². The van der Waals surface area contributed by atoms with Crippen LogP contribution in [0.25, 0.3) is 0 Å². The second-order valence-electron chi connectivity index (χ2n) is 3.01. The van der Waals surface area contributed by atoms with Crippen molar-refractivity contribution in [1.82, 2.24) is 5.32 Å². The number of nitrogens with one attached hydrogen (secondary N) is 1. The fourth-order valence-electron chi connectivity index (χ4n) is 0.997. The molecule has 1 N–H and O–H groups in total. The summed E-state index contributed by atoms with van der Waals surface area (Å²) in [5.74, 6) is -0.701. The van der Waals surface area contributed by atoms with E-state index in [0.717, 1.165) is 4.90 Å². The number of rotatable bonds is 4. The van der Waals surface area contributed by atoms with E-state index >= 15 is 0 Å². The van der Waals surface area contributed by atoms with Crippen molar-refractivity contribution >= 4 is 23.8 Å². The van der Waals surface area contributed by atoms with Crippen LogP contribution in [0.2, 0.25) is 0 Å². The van der Waals surface area contributed by atoms with Crippen LogP contribution in [-0.2, 0) is 9.53 Å². The molecular weight excluding hydrogens is 245 g/mol. The van der Waals surface area contributed by atoms with Gasteiger partial charge in [0.05, 0.1) is 12.4 Å². The summed E-state index contributed by atoms with van der Waals surface area (Å²) >= 11 is 1.21. The number of carbonyl (C=O) groups is 2. The molecule has 0 fully saturated rings. The maximum atomic E-state index is 12.6. The number of ether oxygens (including phenoxy) is 1. The van der Waals surface area contributed by atoms with Gasteiger partial charge in [0.1, 0.15) is 5.82 Å². The second-order valence-corrected chi connectivity index (χ2v) is 4.06. The van der Waals surface area contributed by atoms with Crippen LogP contribution in [-0.4, -0.2) is 24.4 Å². The normalized spacial score (nSPS) is 9.76. The maximum absolute atomic E-state index is 12.6. The van der Waals surface area contributed by atoms with Gasteiger partial charge in [-0.05, 0) is 31.2 Å². The first-order chi connectivity index (χ1) is 8.11. The monoisotopic (exact) mass is 257 g/mol.